The summed E-state index contributed by atoms with van der Waals surface area (Å²) in [4.78, 5) is 28.5. The molecular formula is C23H27N3O4S. The third kappa shape index (κ3) is 4.21. The molecule has 1 aromatic carbocycles. The van der Waals surface area contributed by atoms with Gasteiger partial charge in [-0.25, -0.2) is 15.2 Å². The minimum absolute atomic E-state index is 0.0188. The maximum absolute atomic E-state index is 12.2. The summed E-state index contributed by atoms with van der Waals surface area (Å²) in [6, 6.07) is 6.59. The van der Waals surface area contributed by atoms with E-state index in [1.807, 2.05) is 5.38 Å². The lowest BCUT2D eigenvalue weighted by Gasteiger charge is -2.34. The van der Waals surface area contributed by atoms with Crippen molar-refractivity contribution in [1.29, 1.82) is 0 Å². The van der Waals surface area contributed by atoms with E-state index in [-0.39, 0.29) is 17.4 Å². The number of hydrazone groups is 1. The molecule has 7 nitrogen and oxygen atoms in total. The summed E-state index contributed by atoms with van der Waals surface area (Å²) < 4.78 is 10.7. The van der Waals surface area contributed by atoms with Gasteiger partial charge < -0.3 is 9.47 Å². The van der Waals surface area contributed by atoms with Gasteiger partial charge in [0.2, 0.25) is 0 Å². The number of aromatic nitrogens is 1. The van der Waals surface area contributed by atoms with Crippen molar-refractivity contribution in [3.63, 3.8) is 0 Å². The zero-order chi connectivity index (χ0) is 22.1. The van der Waals surface area contributed by atoms with Crippen molar-refractivity contribution >= 4 is 28.9 Å². The van der Waals surface area contributed by atoms with Gasteiger partial charge >= 0.3 is 5.97 Å². The summed E-state index contributed by atoms with van der Waals surface area (Å²) in [5.74, 6) is 0.231. The number of amides is 1. The van der Waals surface area contributed by atoms with E-state index in [1.165, 1.54) is 17.8 Å². The predicted molar refractivity (Wildman–Crippen MR) is 118 cm³/mol. The van der Waals surface area contributed by atoms with Crippen LogP contribution in [0.3, 0.4) is 0 Å². The van der Waals surface area contributed by atoms with Crippen molar-refractivity contribution in [2.45, 2.75) is 46.6 Å². The van der Waals surface area contributed by atoms with Gasteiger partial charge in [0.15, 0.2) is 6.61 Å². The zero-order valence-electron chi connectivity index (χ0n) is 18.0. The summed E-state index contributed by atoms with van der Waals surface area (Å²) in [6.45, 7) is 6.79. The average molecular weight is 442 g/mol. The topological polar surface area (TPSA) is 89.9 Å². The van der Waals surface area contributed by atoms with Crippen LogP contribution in [0, 0.1) is 16.7 Å². The fraction of sp³-hybridized carbons (Fsp3) is 0.478. The molecule has 2 unspecified atom stereocenters. The van der Waals surface area contributed by atoms with Gasteiger partial charge in [-0.1, -0.05) is 20.8 Å². The second-order valence-corrected chi connectivity index (χ2v) is 9.67. The molecule has 2 aromatic rings. The molecular weight excluding hydrogens is 414 g/mol. The number of carbonyl (C=O) groups is 2. The summed E-state index contributed by atoms with van der Waals surface area (Å²) in [6.07, 6.45) is 3.22. The highest BCUT2D eigenvalue weighted by Gasteiger charge is 2.60. The Morgan fingerprint density at radius 2 is 2.03 bits per heavy atom. The van der Waals surface area contributed by atoms with Crippen LogP contribution >= 0.6 is 11.3 Å². The quantitative estimate of drug-likeness (QED) is 0.514. The molecule has 2 fully saturated rings. The Kier molecular flexibility index (Phi) is 5.83. The molecule has 0 saturated heterocycles. The molecule has 0 radical (unpaired) electrons. The molecule has 2 aliphatic carbocycles. The number of carbonyl (C=O) groups excluding carboxylic acids is 2. The van der Waals surface area contributed by atoms with Crippen molar-refractivity contribution < 1.29 is 19.1 Å². The molecule has 8 heteroatoms. The smallest absolute Gasteiger partial charge is 0.338 e. The van der Waals surface area contributed by atoms with E-state index in [2.05, 4.69) is 36.3 Å². The fourth-order valence-electron chi connectivity index (χ4n) is 4.63. The third-order valence-electron chi connectivity index (χ3n) is 7.12. The van der Waals surface area contributed by atoms with Gasteiger partial charge in [-0.2, -0.15) is 5.10 Å². The minimum atomic E-state index is -0.568. The Labute approximate surface area is 185 Å². The van der Waals surface area contributed by atoms with Gasteiger partial charge in [0.05, 0.1) is 16.8 Å². The first-order chi connectivity index (χ1) is 14.8. The minimum Gasteiger partial charge on any atom is -0.487 e. The Hall–Kier alpha value is -2.74. The van der Waals surface area contributed by atoms with Gasteiger partial charge in [-0.05, 0) is 54.9 Å². The van der Waals surface area contributed by atoms with Gasteiger partial charge in [0.1, 0.15) is 12.4 Å². The summed E-state index contributed by atoms with van der Waals surface area (Å²) >= 11 is 1.51. The van der Waals surface area contributed by atoms with Gasteiger partial charge in [-0.3, -0.25) is 4.79 Å². The van der Waals surface area contributed by atoms with Crippen molar-refractivity contribution in [2.75, 3.05) is 6.61 Å². The molecule has 1 amide bonds. The number of esters is 1. The van der Waals surface area contributed by atoms with Crippen LogP contribution < -0.4 is 10.2 Å². The molecule has 164 valence electrons. The number of hydrogen-bond acceptors (Lipinski definition) is 7. The highest BCUT2D eigenvalue weighted by molar-refractivity contribution is 7.07. The Bertz CT molecular complexity index is 985. The first-order valence-electron chi connectivity index (χ1n) is 10.4. The van der Waals surface area contributed by atoms with Crippen LogP contribution in [0.4, 0.5) is 0 Å². The molecule has 1 N–H and O–H groups in total. The van der Waals surface area contributed by atoms with E-state index in [0.717, 1.165) is 24.2 Å². The van der Waals surface area contributed by atoms with Crippen LogP contribution in [0.5, 0.6) is 5.75 Å². The lowest BCUT2D eigenvalue weighted by Crippen LogP contribution is -2.34. The molecule has 2 bridgehead atoms. The molecule has 2 saturated carbocycles. The molecule has 0 spiro atoms. The lowest BCUT2D eigenvalue weighted by atomic mass is 9.70. The molecule has 1 heterocycles. The predicted octanol–water partition coefficient (Wildman–Crippen LogP) is 4.20. The monoisotopic (exact) mass is 441 g/mol. The van der Waals surface area contributed by atoms with Crippen molar-refractivity contribution in [3.8, 4) is 5.75 Å². The van der Waals surface area contributed by atoms with E-state index in [0.29, 0.717) is 23.8 Å². The molecule has 4 rings (SSSR count). The molecule has 2 aliphatic rings. The van der Waals surface area contributed by atoms with Crippen LogP contribution in [0.25, 0.3) is 0 Å². The first-order valence-corrected chi connectivity index (χ1v) is 11.4. The lowest BCUT2D eigenvalue weighted by molar-refractivity contribution is -0.124. The standard InChI is InChI=1S/C23H27N3O4S/c1-22(2)16-8-9-23(22,3)19(10-16)25-26-20(27)12-30-21(28)15-4-6-18(7-5-15)29-11-17-13-31-14-24-17/h4-7,13-14,16H,8-12H2,1-3H3,(H,26,27)/b25-19-. The number of nitrogens with one attached hydrogen (secondary N) is 1. The third-order valence-corrected chi connectivity index (χ3v) is 7.76. The summed E-state index contributed by atoms with van der Waals surface area (Å²) in [5, 5.41) is 6.30. The van der Waals surface area contributed by atoms with E-state index >= 15 is 0 Å². The van der Waals surface area contributed by atoms with Crippen LogP contribution in [-0.4, -0.2) is 29.2 Å². The fourth-order valence-corrected chi connectivity index (χ4v) is 5.17. The second kappa shape index (κ2) is 8.42. The highest BCUT2D eigenvalue weighted by atomic mass is 32.1. The van der Waals surface area contributed by atoms with Crippen LogP contribution in [-0.2, 0) is 16.1 Å². The van der Waals surface area contributed by atoms with E-state index in [4.69, 9.17) is 9.47 Å². The van der Waals surface area contributed by atoms with E-state index in [9.17, 15) is 9.59 Å². The Morgan fingerprint density at radius 1 is 1.26 bits per heavy atom. The number of benzene rings is 1. The number of hydrogen-bond donors (Lipinski definition) is 1. The highest BCUT2D eigenvalue weighted by Crippen LogP contribution is 2.63. The number of ether oxygens (including phenoxy) is 2. The first kappa shape index (κ1) is 21.5. The zero-order valence-corrected chi connectivity index (χ0v) is 18.8. The Balaban J connectivity index is 1.24. The van der Waals surface area contributed by atoms with Gasteiger partial charge in [-0.15, -0.1) is 11.3 Å². The number of nitrogens with zero attached hydrogens (tertiary/aromatic N) is 2. The normalized spacial score (nSPS) is 24.9. The molecule has 0 aliphatic heterocycles. The molecule has 31 heavy (non-hydrogen) atoms. The number of rotatable bonds is 7. The SMILES string of the molecule is CC12CCC(C/C1=N/NC(=O)COC(=O)c1ccc(OCc3cscn3)cc1)C2(C)C. The number of fused-ring (bicyclic) bond motifs is 2. The largest absolute Gasteiger partial charge is 0.487 e. The number of thiazole rings is 1. The summed E-state index contributed by atoms with van der Waals surface area (Å²) in [7, 11) is 0. The van der Waals surface area contributed by atoms with E-state index < -0.39 is 11.9 Å². The Morgan fingerprint density at radius 3 is 2.65 bits per heavy atom. The average Bonchev–Trinajstić information content (AvgIpc) is 3.41. The maximum Gasteiger partial charge on any atom is 0.338 e. The van der Waals surface area contributed by atoms with Crippen LogP contribution in [0.15, 0.2) is 40.3 Å². The van der Waals surface area contributed by atoms with Crippen molar-refractivity contribution in [2.24, 2.45) is 21.8 Å². The summed E-state index contributed by atoms with van der Waals surface area (Å²) in [5.41, 5.74) is 6.77. The molecule has 1 aromatic heterocycles. The van der Waals surface area contributed by atoms with Gasteiger partial charge in [0, 0.05) is 16.5 Å². The van der Waals surface area contributed by atoms with Crippen molar-refractivity contribution in [1.82, 2.24) is 10.4 Å². The van der Waals surface area contributed by atoms with Crippen LogP contribution in [0.1, 0.15) is 56.1 Å². The van der Waals surface area contributed by atoms with E-state index in [1.54, 1.807) is 29.8 Å². The second-order valence-electron chi connectivity index (χ2n) is 8.96. The molecule has 2 atom stereocenters. The van der Waals surface area contributed by atoms with Crippen molar-refractivity contribution in [3.05, 3.63) is 46.4 Å². The maximum atomic E-state index is 12.2. The van der Waals surface area contributed by atoms with Gasteiger partial charge in [0.25, 0.3) is 5.91 Å². The van der Waals surface area contributed by atoms with Crippen LogP contribution in [0.2, 0.25) is 0 Å².